The van der Waals surface area contributed by atoms with Crippen molar-refractivity contribution in [2.24, 2.45) is 0 Å². The molecule has 1 atom stereocenters. The maximum Gasteiger partial charge on any atom is 0.327 e. The standard InChI is InChI=1S/C11H11NO3/c1-8(13)12-7-10(14)15-11(12)9-5-3-2-4-6-9/h2-6,11H,7H2,1H3. The Hall–Kier alpha value is -1.84. The molecule has 0 saturated carbocycles. The monoisotopic (exact) mass is 205 g/mol. The summed E-state index contributed by atoms with van der Waals surface area (Å²) in [5, 5.41) is 0. The third-order valence-corrected chi connectivity index (χ3v) is 2.31. The van der Waals surface area contributed by atoms with E-state index in [1.54, 1.807) is 0 Å². The second-order valence-corrected chi connectivity index (χ2v) is 3.40. The quantitative estimate of drug-likeness (QED) is 0.645. The van der Waals surface area contributed by atoms with E-state index in [9.17, 15) is 9.59 Å². The van der Waals surface area contributed by atoms with Gasteiger partial charge in [-0.25, -0.2) is 0 Å². The summed E-state index contributed by atoms with van der Waals surface area (Å²) in [5.74, 6) is -0.520. The summed E-state index contributed by atoms with van der Waals surface area (Å²) in [4.78, 5) is 23.8. The SMILES string of the molecule is CC(=O)N1CC(=O)OC1c1ccccc1. The van der Waals surface area contributed by atoms with Gasteiger partial charge in [-0.1, -0.05) is 30.3 Å². The molecule has 0 bridgehead atoms. The van der Waals surface area contributed by atoms with Gasteiger partial charge in [0.1, 0.15) is 6.54 Å². The maximum absolute atomic E-state index is 11.3. The third kappa shape index (κ3) is 1.83. The second-order valence-electron chi connectivity index (χ2n) is 3.40. The van der Waals surface area contributed by atoms with Crippen LogP contribution in [0, 0.1) is 0 Å². The molecule has 78 valence electrons. The smallest absolute Gasteiger partial charge is 0.327 e. The molecule has 4 nitrogen and oxygen atoms in total. The lowest BCUT2D eigenvalue weighted by Gasteiger charge is -2.20. The first-order valence-corrected chi connectivity index (χ1v) is 4.70. The molecule has 4 heteroatoms. The fraction of sp³-hybridized carbons (Fsp3) is 0.273. The Kier molecular flexibility index (Phi) is 2.41. The number of nitrogens with zero attached hydrogens (tertiary/aromatic N) is 1. The zero-order valence-electron chi connectivity index (χ0n) is 8.34. The topological polar surface area (TPSA) is 46.6 Å². The number of carbonyl (C=O) groups is 2. The number of amides is 1. The van der Waals surface area contributed by atoms with Gasteiger partial charge in [0, 0.05) is 12.5 Å². The Labute approximate surface area is 87.4 Å². The molecule has 0 aromatic heterocycles. The van der Waals surface area contributed by atoms with Gasteiger partial charge in [0.05, 0.1) is 0 Å². The lowest BCUT2D eigenvalue weighted by molar-refractivity contribution is -0.143. The highest BCUT2D eigenvalue weighted by Gasteiger charge is 2.34. The number of ether oxygens (including phenoxy) is 1. The number of carbonyl (C=O) groups excluding carboxylic acids is 2. The minimum absolute atomic E-state index is 0.0366. The largest absolute Gasteiger partial charge is 0.436 e. The Morgan fingerprint density at radius 2 is 2.07 bits per heavy atom. The van der Waals surface area contributed by atoms with Crippen molar-refractivity contribution in [1.82, 2.24) is 4.90 Å². The highest BCUT2D eigenvalue weighted by Crippen LogP contribution is 2.26. The van der Waals surface area contributed by atoms with Gasteiger partial charge in [0.15, 0.2) is 0 Å². The van der Waals surface area contributed by atoms with E-state index in [2.05, 4.69) is 0 Å². The van der Waals surface area contributed by atoms with Gasteiger partial charge in [-0.3, -0.25) is 14.5 Å². The lowest BCUT2D eigenvalue weighted by Crippen LogP contribution is -2.28. The maximum atomic E-state index is 11.3. The number of benzene rings is 1. The van der Waals surface area contributed by atoms with Crippen LogP contribution in [-0.2, 0) is 14.3 Å². The van der Waals surface area contributed by atoms with Crippen LogP contribution >= 0.6 is 0 Å². The van der Waals surface area contributed by atoms with Crippen molar-refractivity contribution in [2.45, 2.75) is 13.2 Å². The zero-order chi connectivity index (χ0) is 10.8. The zero-order valence-corrected chi connectivity index (χ0v) is 8.34. The van der Waals surface area contributed by atoms with Crippen LogP contribution in [0.25, 0.3) is 0 Å². The summed E-state index contributed by atoms with van der Waals surface area (Å²) in [6, 6.07) is 9.23. The van der Waals surface area contributed by atoms with E-state index in [1.165, 1.54) is 11.8 Å². The third-order valence-electron chi connectivity index (χ3n) is 2.31. The van der Waals surface area contributed by atoms with E-state index < -0.39 is 6.23 Å². The predicted octanol–water partition coefficient (Wildman–Crippen LogP) is 1.09. The lowest BCUT2D eigenvalue weighted by atomic mass is 10.2. The van der Waals surface area contributed by atoms with E-state index >= 15 is 0 Å². The van der Waals surface area contributed by atoms with Crippen LogP contribution in [0.4, 0.5) is 0 Å². The Bertz CT molecular complexity index is 388. The number of rotatable bonds is 1. The molecule has 1 aromatic carbocycles. The first-order valence-electron chi connectivity index (χ1n) is 4.70. The molecule has 0 N–H and O–H groups in total. The van der Waals surface area contributed by atoms with E-state index in [4.69, 9.17) is 4.74 Å². The summed E-state index contributed by atoms with van der Waals surface area (Å²) >= 11 is 0. The van der Waals surface area contributed by atoms with E-state index in [0.717, 1.165) is 5.56 Å². The van der Waals surface area contributed by atoms with Gasteiger partial charge in [-0.15, -0.1) is 0 Å². The molecule has 0 radical (unpaired) electrons. The predicted molar refractivity (Wildman–Crippen MR) is 52.7 cm³/mol. The molecule has 1 saturated heterocycles. The van der Waals surface area contributed by atoms with Gasteiger partial charge < -0.3 is 4.74 Å². The van der Waals surface area contributed by atoms with Crippen molar-refractivity contribution >= 4 is 11.9 Å². The van der Waals surface area contributed by atoms with Gasteiger partial charge >= 0.3 is 5.97 Å². The summed E-state index contributed by atoms with van der Waals surface area (Å²) in [7, 11) is 0. The molecule has 1 fully saturated rings. The Morgan fingerprint density at radius 3 is 2.67 bits per heavy atom. The van der Waals surface area contributed by atoms with E-state index in [-0.39, 0.29) is 18.4 Å². The molecular weight excluding hydrogens is 194 g/mol. The van der Waals surface area contributed by atoms with Crippen LogP contribution in [0.15, 0.2) is 30.3 Å². The van der Waals surface area contributed by atoms with Gasteiger partial charge in [-0.05, 0) is 0 Å². The molecule has 1 amide bonds. The van der Waals surface area contributed by atoms with Crippen molar-refractivity contribution in [3.8, 4) is 0 Å². The molecular formula is C11H11NO3. The van der Waals surface area contributed by atoms with Crippen LogP contribution in [0.5, 0.6) is 0 Å². The first-order chi connectivity index (χ1) is 7.18. The van der Waals surface area contributed by atoms with Crippen LogP contribution in [-0.4, -0.2) is 23.3 Å². The summed E-state index contributed by atoms with van der Waals surface area (Å²) < 4.78 is 5.09. The first kappa shape index (κ1) is 9.71. The van der Waals surface area contributed by atoms with Crippen LogP contribution in [0.1, 0.15) is 18.7 Å². The van der Waals surface area contributed by atoms with E-state index in [0.29, 0.717) is 0 Å². The number of hydrogen-bond acceptors (Lipinski definition) is 3. The fourth-order valence-corrected chi connectivity index (χ4v) is 1.59. The van der Waals surface area contributed by atoms with Crippen LogP contribution in [0.2, 0.25) is 0 Å². The Morgan fingerprint density at radius 1 is 1.40 bits per heavy atom. The average Bonchev–Trinajstić information content (AvgIpc) is 2.62. The Balaban J connectivity index is 2.28. The summed E-state index contributed by atoms with van der Waals surface area (Å²) in [6.07, 6.45) is -0.559. The summed E-state index contributed by atoms with van der Waals surface area (Å²) in [6.45, 7) is 1.47. The van der Waals surface area contributed by atoms with Crippen LogP contribution < -0.4 is 0 Å². The number of cyclic esters (lactones) is 1. The molecule has 1 unspecified atom stereocenters. The van der Waals surface area contributed by atoms with Gasteiger partial charge in [0.25, 0.3) is 0 Å². The molecule has 1 heterocycles. The van der Waals surface area contributed by atoms with Gasteiger partial charge in [-0.2, -0.15) is 0 Å². The molecule has 0 spiro atoms. The molecule has 2 rings (SSSR count). The van der Waals surface area contributed by atoms with Crippen molar-refractivity contribution in [3.05, 3.63) is 35.9 Å². The molecule has 1 aliphatic heterocycles. The normalized spacial score (nSPS) is 20.2. The van der Waals surface area contributed by atoms with Crippen molar-refractivity contribution in [1.29, 1.82) is 0 Å². The number of hydrogen-bond donors (Lipinski definition) is 0. The highest BCUT2D eigenvalue weighted by atomic mass is 16.6. The van der Waals surface area contributed by atoms with Crippen molar-refractivity contribution in [3.63, 3.8) is 0 Å². The van der Waals surface area contributed by atoms with E-state index in [1.807, 2.05) is 30.3 Å². The van der Waals surface area contributed by atoms with Crippen LogP contribution in [0.3, 0.4) is 0 Å². The molecule has 15 heavy (non-hydrogen) atoms. The molecule has 1 aliphatic rings. The van der Waals surface area contributed by atoms with Gasteiger partial charge in [0.2, 0.25) is 12.1 Å². The minimum atomic E-state index is -0.559. The highest BCUT2D eigenvalue weighted by molar-refractivity contribution is 5.83. The van der Waals surface area contributed by atoms with Crippen molar-refractivity contribution < 1.29 is 14.3 Å². The number of esters is 1. The minimum Gasteiger partial charge on any atom is -0.436 e. The van der Waals surface area contributed by atoms with Crippen molar-refractivity contribution in [2.75, 3.05) is 6.54 Å². The molecule has 1 aromatic rings. The average molecular weight is 205 g/mol. The molecule has 0 aliphatic carbocycles. The fourth-order valence-electron chi connectivity index (χ4n) is 1.59. The summed E-state index contributed by atoms with van der Waals surface area (Å²) in [5.41, 5.74) is 0.818. The second kappa shape index (κ2) is 3.73.